The summed E-state index contributed by atoms with van der Waals surface area (Å²) < 4.78 is 30.0. The number of thiophene rings is 1. The Morgan fingerprint density at radius 3 is 2.47 bits per heavy atom. The lowest BCUT2D eigenvalue weighted by molar-refractivity contribution is -0.130. The van der Waals surface area contributed by atoms with Crippen molar-refractivity contribution in [3.05, 3.63) is 65.5 Å². The van der Waals surface area contributed by atoms with Crippen molar-refractivity contribution in [2.45, 2.75) is 30.4 Å². The molecule has 0 aliphatic carbocycles. The van der Waals surface area contributed by atoms with Crippen LogP contribution in [0.3, 0.4) is 0 Å². The molecule has 9 nitrogen and oxygen atoms in total. The molecule has 0 unspecified atom stereocenters. The summed E-state index contributed by atoms with van der Waals surface area (Å²) in [5.41, 5.74) is 3.55. The highest BCUT2D eigenvalue weighted by atomic mass is 32.2. The number of anilines is 2. The number of rotatable bonds is 7. The second-order valence-corrected chi connectivity index (χ2v) is 12.0. The van der Waals surface area contributed by atoms with E-state index >= 15 is 0 Å². The van der Waals surface area contributed by atoms with Gasteiger partial charge < -0.3 is 15.4 Å². The predicted molar refractivity (Wildman–Crippen MR) is 139 cm³/mol. The lowest BCUT2D eigenvalue weighted by atomic mass is 9.94. The smallest absolute Gasteiger partial charge is 0.323 e. The number of amides is 3. The van der Waals surface area contributed by atoms with E-state index < -0.39 is 26.5 Å². The molecular formula is C25H27N3O6S2. The van der Waals surface area contributed by atoms with Crippen molar-refractivity contribution in [3.63, 3.8) is 0 Å². The average molecular weight is 530 g/mol. The minimum atomic E-state index is -3.61. The van der Waals surface area contributed by atoms with Gasteiger partial charge in [-0.2, -0.15) is 0 Å². The van der Waals surface area contributed by atoms with Gasteiger partial charge in [0.2, 0.25) is 5.91 Å². The van der Waals surface area contributed by atoms with Crippen molar-refractivity contribution in [1.82, 2.24) is 5.48 Å². The van der Waals surface area contributed by atoms with Gasteiger partial charge in [0.15, 0.2) is 9.84 Å². The molecule has 4 N–H and O–H groups in total. The molecule has 1 fully saturated rings. The number of ether oxygens (including phenoxy) is 1. The van der Waals surface area contributed by atoms with E-state index in [-0.39, 0.29) is 12.2 Å². The number of hydrogen-bond donors (Lipinski definition) is 4. The fourth-order valence-electron chi connectivity index (χ4n) is 4.37. The van der Waals surface area contributed by atoms with E-state index in [0.29, 0.717) is 41.3 Å². The molecule has 0 saturated carbocycles. The highest BCUT2D eigenvalue weighted by Crippen LogP contribution is 2.47. The highest BCUT2D eigenvalue weighted by Gasteiger charge is 2.49. The largest absolute Gasteiger partial charge is 0.497 e. The van der Waals surface area contributed by atoms with Crippen molar-refractivity contribution < 1.29 is 28.0 Å². The molecule has 2 aromatic carbocycles. The summed E-state index contributed by atoms with van der Waals surface area (Å²) in [4.78, 5) is 25.9. The summed E-state index contributed by atoms with van der Waals surface area (Å²) in [6, 6.07) is 17.3. The summed E-state index contributed by atoms with van der Waals surface area (Å²) in [5.74, 6) is -0.0463. The molecule has 3 aromatic rings. The van der Waals surface area contributed by atoms with Crippen LogP contribution in [0, 0.1) is 0 Å². The zero-order valence-electron chi connectivity index (χ0n) is 19.6. The van der Waals surface area contributed by atoms with Crippen molar-refractivity contribution in [2.75, 3.05) is 23.5 Å². The molecule has 1 aromatic heterocycles. The maximum atomic E-state index is 13.1. The predicted octanol–water partition coefficient (Wildman–Crippen LogP) is 4.76. The molecular weight excluding hydrogens is 502 g/mol. The SMILES string of the molecule is COc1ccc(NC(=O)Nc2cccc(-c3ccc([C@@]4(CC(=O)NO)CCCCS4(=O)=O)s3)c2)cc1. The molecule has 1 saturated heterocycles. The van der Waals surface area contributed by atoms with Gasteiger partial charge in [0.1, 0.15) is 10.5 Å². The van der Waals surface area contributed by atoms with E-state index in [1.54, 1.807) is 61.1 Å². The molecule has 0 bridgehead atoms. The van der Waals surface area contributed by atoms with Crippen molar-refractivity contribution in [2.24, 2.45) is 0 Å². The van der Waals surface area contributed by atoms with E-state index in [9.17, 15) is 18.0 Å². The number of carbonyl (C=O) groups excluding carboxylic acids is 2. The van der Waals surface area contributed by atoms with Crippen molar-refractivity contribution in [3.8, 4) is 16.2 Å². The lowest BCUT2D eigenvalue weighted by Crippen LogP contribution is -2.43. The van der Waals surface area contributed by atoms with Crippen LogP contribution in [0.1, 0.15) is 30.6 Å². The standard InChI is InChI=1S/C25H27N3O6S2/c1-34-20-9-7-18(8-10-20)26-24(30)27-19-6-4-5-17(15-19)21-11-12-22(35-21)25(16-23(29)28-31)13-2-3-14-36(25,32)33/h4-12,15,31H,2-3,13-14,16H2,1H3,(H,28,29)(H2,26,27,30)/t25-/m0/s1. The van der Waals surface area contributed by atoms with Crippen LogP contribution in [0.25, 0.3) is 10.4 Å². The van der Waals surface area contributed by atoms with Crippen LogP contribution in [0.5, 0.6) is 5.75 Å². The quantitative estimate of drug-likeness (QED) is 0.258. The molecule has 1 aliphatic heterocycles. The molecule has 0 spiro atoms. The molecule has 0 radical (unpaired) electrons. The zero-order chi connectivity index (χ0) is 25.8. The molecule has 36 heavy (non-hydrogen) atoms. The summed E-state index contributed by atoms with van der Waals surface area (Å²) in [5, 5.41) is 14.6. The molecule has 190 valence electrons. The third kappa shape index (κ3) is 5.38. The zero-order valence-corrected chi connectivity index (χ0v) is 21.2. The molecule has 1 aliphatic rings. The topological polar surface area (TPSA) is 134 Å². The Labute approximate surface area is 213 Å². The molecule has 3 amide bonds. The third-order valence-electron chi connectivity index (χ3n) is 6.22. The maximum absolute atomic E-state index is 13.1. The summed E-state index contributed by atoms with van der Waals surface area (Å²) in [6.07, 6.45) is 1.21. The Morgan fingerprint density at radius 2 is 1.78 bits per heavy atom. The fourth-order valence-corrected chi connectivity index (χ4v) is 8.15. The molecule has 4 rings (SSSR count). The summed E-state index contributed by atoms with van der Waals surface area (Å²) in [6.45, 7) is 0. The van der Waals surface area contributed by atoms with Crippen LogP contribution in [-0.2, 0) is 19.4 Å². The first-order chi connectivity index (χ1) is 17.3. The second kappa shape index (κ2) is 10.7. The first kappa shape index (κ1) is 25.7. The lowest BCUT2D eigenvalue weighted by Gasteiger charge is -2.35. The van der Waals surface area contributed by atoms with Crippen LogP contribution < -0.4 is 20.9 Å². The average Bonchev–Trinajstić information content (AvgIpc) is 3.37. The van der Waals surface area contributed by atoms with Crippen LogP contribution in [0.2, 0.25) is 0 Å². The van der Waals surface area contributed by atoms with Crippen LogP contribution in [0.4, 0.5) is 16.2 Å². The Morgan fingerprint density at radius 1 is 1.03 bits per heavy atom. The minimum Gasteiger partial charge on any atom is -0.497 e. The number of carbonyl (C=O) groups is 2. The van der Waals surface area contributed by atoms with Crippen LogP contribution in [-0.4, -0.2) is 38.4 Å². The van der Waals surface area contributed by atoms with E-state index in [1.165, 1.54) is 11.3 Å². The van der Waals surface area contributed by atoms with Gasteiger partial charge in [0.05, 0.1) is 19.3 Å². The third-order valence-corrected chi connectivity index (χ3v) is 10.3. The number of nitrogens with one attached hydrogen (secondary N) is 3. The Balaban J connectivity index is 1.55. The van der Waals surface area contributed by atoms with Gasteiger partial charge in [0.25, 0.3) is 0 Å². The second-order valence-electron chi connectivity index (χ2n) is 8.53. The first-order valence-electron chi connectivity index (χ1n) is 11.3. The Hall–Kier alpha value is -3.41. The van der Waals surface area contributed by atoms with Crippen molar-refractivity contribution >= 4 is 44.5 Å². The molecule has 2 heterocycles. The fraction of sp³-hybridized carbons (Fsp3) is 0.280. The molecule has 1 atom stereocenters. The first-order valence-corrected chi connectivity index (χ1v) is 13.8. The summed E-state index contributed by atoms with van der Waals surface area (Å²) in [7, 11) is -2.04. The monoisotopic (exact) mass is 529 g/mol. The molecule has 11 heteroatoms. The van der Waals surface area contributed by atoms with Crippen molar-refractivity contribution in [1.29, 1.82) is 0 Å². The van der Waals surface area contributed by atoms with Gasteiger partial charge in [-0.15, -0.1) is 11.3 Å². The van der Waals surface area contributed by atoms with Gasteiger partial charge in [-0.25, -0.2) is 18.7 Å². The van der Waals surface area contributed by atoms with Gasteiger partial charge in [-0.3, -0.25) is 10.0 Å². The number of methoxy groups -OCH3 is 1. The number of benzene rings is 2. The summed E-state index contributed by atoms with van der Waals surface area (Å²) >= 11 is 1.30. The van der Waals surface area contributed by atoms with Gasteiger partial charge in [0, 0.05) is 21.1 Å². The van der Waals surface area contributed by atoms with E-state index in [0.717, 1.165) is 10.4 Å². The normalized spacial score (nSPS) is 18.7. The number of hydroxylamine groups is 1. The van der Waals surface area contributed by atoms with Gasteiger partial charge in [-0.05, 0) is 66.9 Å². The van der Waals surface area contributed by atoms with Crippen LogP contribution >= 0.6 is 11.3 Å². The van der Waals surface area contributed by atoms with E-state index in [4.69, 9.17) is 9.94 Å². The van der Waals surface area contributed by atoms with E-state index in [2.05, 4.69) is 10.6 Å². The minimum absolute atomic E-state index is 0.00164. The van der Waals surface area contributed by atoms with Gasteiger partial charge >= 0.3 is 6.03 Å². The highest BCUT2D eigenvalue weighted by molar-refractivity contribution is 7.92. The van der Waals surface area contributed by atoms with Crippen LogP contribution in [0.15, 0.2) is 60.7 Å². The number of urea groups is 1. The number of hydrogen-bond acceptors (Lipinski definition) is 7. The van der Waals surface area contributed by atoms with Gasteiger partial charge in [-0.1, -0.05) is 18.6 Å². The Bertz CT molecular complexity index is 1350. The Kier molecular flexibility index (Phi) is 7.62. The van der Waals surface area contributed by atoms with E-state index in [1.807, 2.05) is 12.1 Å². The maximum Gasteiger partial charge on any atom is 0.323 e. The number of sulfone groups is 1.